The maximum atomic E-state index is 13.0. The molecule has 152 valence electrons. The van der Waals surface area contributed by atoms with Crippen LogP contribution in [0.25, 0.3) is 15.4 Å². The number of amides is 1. The molecule has 2 heterocycles. The monoisotopic (exact) mass is 411 g/mol. The fourth-order valence-electron chi connectivity index (χ4n) is 3.40. The molecule has 7 heteroatoms. The van der Waals surface area contributed by atoms with Crippen LogP contribution in [0.5, 0.6) is 5.75 Å². The average molecular weight is 412 g/mol. The summed E-state index contributed by atoms with van der Waals surface area (Å²) < 4.78 is 5.73. The van der Waals surface area contributed by atoms with Gasteiger partial charge in [0, 0.05) is 12.1 Å². The van der Waals surface area contributed by atoms with Crippen LogP contribution >= 0.6 is 11.3 Å². The molecule has 1 aliphatic heterocycles. The molecule has 1 atom stereocenters. The Morgan fingerprint density at radius 1 is 1.41 bits per heavy atom. The van der Waals surface area contributed by atoms with Gasteiger partial charge < -0.3 is 9.64 Å². The summed E-state index contributed by atoms with van der Waals surface area (Å²) in [4.78, 5) is 35.3. The van der Waals surface area contributed by atoms with Gasteiger partial charge in [0.15, 0.2) is 5.78 Å². The molecule has 0 radical (unpaired) electrons. The molecule has 0 spiro atoms. The lowest BCUT2D eigenvalue weighted by atomic mass is 10.1. The molecule has 0 aliphatic carbocycles. The van der Waals surface area contributed by atoms with Gasteiger partial charge in [0.2, 0.25) is 5.69 Å². The van der Waals surface area contributed by atoms with Crippen LogP contribution in [0.3, 0.4) is 0 Å². The molecule has 2 aromatic rings. The van der Waals surface area contributed by atoms with Crippen molar-refractivity contribution >= 4 is 28.7 Å². The van der Waals surface area contributed by atoms with Crippen LogP contribution in [-0.2, 0) is 4.79 Å². The van der Waals surface area contributed by atoms with E-state index < -0.39 is 0 Å². The van der Waals surface area contributed by atoms with Crippen LogP contribution in [0.4, 0.5) is 5.69 Å². The Balaban J connectivity index is 1.87. The first kappa shape index (κ1) is 21.0. The number of likely N-dealkylation sites (tertiary alicyclic amines) is 1. The first-order chi connectivity index (χ1) is 13.8. The highest BCUT2D eigenvalue weighted by Gasteiger charge is 2.34. The van der Waals surface area contributed by atoms with Crippen molar-refractivity contribution in [3.8, 4) is 16.3 Å². The first-order valence-corrected chi connectivity index (χ1v) is 10.6. The van der Waals surface area contributed by atoms with E-state index in [1.165, 1.54) is 18.3 Å². The smallest absolute Gasteiger partial charge is 0.266 e. The van der Waals surface area contributed by atoms with Gasteiger partial charge in [0.1, 0.15) is 15.6 Å². The SMILES string of the molecule is [C-]#[N+]c1cc(-c2nc(C)c(C(=O)N3CCC[C@H]3C(C)=O)s2)ccc1OCC(C)C. The van der Waals surface area contributed by atoms with Crippen molar-refractivity contribution in [1.82, 2.24) is 9.88 Å². The van der Waals surface area contributed by atoms with Crippen LogP contribution in [0.2, 0.25) is 0 Å². The number of aromatic nitrogens is 1. The lowest BCUT2D eigenvalue weighted by Crippen LogP contribution is -2.39. The highest BCUT2D eigenvalue weighted by molar-refractivity contribution is 7.17. The molecule has 1 amide bonds. The predicted octanol–water partition coefficient (Wildman–Crippen LogP) is 4.90. The molecule has 29 heavy (non-hydrogen) atoms. The topological polar surface area (TPSA) is 63.9 Å². The molecule has 1 aliphatic rings. The Kier molecular flexibility index (Phi) is 6.33. The lowest BCUT2D eigenvalue weighted by Gasteiger charge is -2.21. The zero-order valence-corrected chi connectivity index (χ0v) is 18.0. The van der Waals surface area contributed by atoms with E-state index in [2.05, 4.69) is 23.7 Å². The van der Waals surface area contributed by atoms with Gasteiger partial charge in [-0.15, -0.1) is 11.3 Å². The molecule has 1 aromatic heterocycles. The van der Waals surface area contributed by atoms with Crippen molar-refractivity contribution < 1.29 is 14.3 Å². The van der Waals surface area contributed by atoms with E-state index >= 15 is 0 Å². The summed E-state index contributed by atoms with van der Waals surface area (Å²) >= 11 is 1.31. The molecule has 3 rings (SSSR count). The molecule has 1 aromatic carbocycles. The summed E-state index contributed by atoms with van der Waals surface area (Å²) in [6.07, 6.45) is 1.56. The summed E-state index contributed by atoms with van der Waals surface area (Å²) in [6, 6.07) is 5.07. The minimum Gasteiger partial charge on any atom is -0.504 e. The normalized spacial score (nSPS) is 16.1. The molecule has 0 N–H and O–H groups in total. The number of ketones is 1. The number of ether oxygens (including phenoxy) is 1. The van der Waals surface area contributed by atoms with Crippen LogP contribution in [0.15, 0.2) is 18.2 Å². The number of benzene rings is 1. The summed E-state index contributed by atoms with van der Waals surface area (Å²) in [5.74, 6) is 0.819. The van der Waals surface area contributed by atoms with Crippen LogP contribution in [-0.4, -0.2) is 40.8 Å². The largest absolute Gasteiger partial charge is 0.504 e. The summed E-state index contributed by atoms with van der Waals surface area (Å²) in [5, 5.41) is 0.685. The fourth-order valence-corrected chi connectivity index (χ4v) is 4.42. The Hall–Kier alpha value is -2.72. The van der Waals surface area contributed by atoms with Crippen molar-refractivity contribution in [2.24, 2.45) is 5.92 Å². The third-order valence-electron chi connectivity index (χ3n) is 4.87. The summed E-state index contributed by atoms with van der Waals surface area (Å²) in [5.41, 5.74) is 1.86. The van der Waals surface area contributed by atoms with Crippen molar-refractivity contribution in [3.05, 3.63) is 40.2 Å². The van der Waals surface area contributed by atoms with Gasteiger partial charge in [0.25, 0.3) is 5.91 Å². The van der Waals surface area contributed by atoms with Gasteiger partial charge in [-0.05, 0) is 44.7 Å². The molecular weight excluding hydrogens is 386 g/mol. The second kappa shape index (κ2) is 8.75. The third-order valence-corrected chi connectivity index (χ3v) is 6.07. The quantitative estimate of drug-likeness (QED) is 0.635. The average Bonchev–Trinajstić information content (AvgIpc) is 3.32. The number of aryl methyl sites for hydroxylation is 1. The second-order valence-corrected chi connectivity index (χ2v) is 8.70. The molecular formula is C22H25N3O3S. The van der Waals surface area contributed by atoms with Gasteiger partial charge in [-0.25, -0.2) is 9.83 Å². The molecule has 1 fully saturated rings. The maximum absolute atomic E-state index is 13.0. The number of carbonyl (C=O) groups is 2. The van der Waals surface area contributed by atoms with E-state index in [-0.39, 0.29) is 17.7 Å². The van der Waals surface area contributed by atoms with Crippen LogP contribution in [0, 0.1) is 19.4 Å². The summed E-state index contributed by atoms with van der Waals surface area (Å²) in [6.45, 7) is 16.1. The number of nitrogens with zero attached hydrogens (tertiary/aromatic N) is 3. The van der Waals surface area contributed by atoms with Gasteiger partial charge >= 0.3 is 0 Å². The number of carbonyl (C=O) groups excluding carboxylic acids is 2. The van der Waals surface area contributed by atoms with E-state index in [1.807, 2.05) is 13.0 Å². The van der Waals surface area contributed by atoms with Crippen LogP contribution in [0.1, 0.15) is 49.0 Å². The van der Waals surface area contributed by atoms with E-state index in [1.54, 1.807) is 17.0 Å². The Morgan fingerprint density at radius 2 is 2.17 bits per heavy atom. The highest BCUT2D eigenvalue weighted by atomic mass is 32.1. The number of Topliss-reactive ketones (excluding diaryl/α,β-unsaturated/α-hetero) is 1. The van der Waals surface area contributed by atoms with Gasteiger partial charge in [0.05, 0.1) is 24.9 Å². The predicted molar refractivity (Wildman–Crippen MR) is 114 cm³/mol. The first-order valence-electron chi connectivity index (χ1n) is 9.75. The number of hydrogen-bond acceptors (Lipinski definition) is 5. The Bertz CT molecular complexity index is 974. The van der Waals surface area contributed by atoms with Gasteiger partial charge in [-0.1, -0.05) is 19.9 Å². The fraction of sp³-hybridized carbons (Fsp3) is 0.455. The summed E-state index contributed by atoms with van der Waals surface area (Å²) in [7, 11) is 0. The zero-order chi connectivity index (χ0) is 21.1. The van der Waals surface area contributed by atoms with E-state index in [9.17, 15) is 9.59 Å². The zero-order valence-electron chi connectivity index (χ0n) is 17.2. The molecule has 0 unspecified atom stereocenters. The number of hydrogen-bond donors (Lipinski definition) is 0. The minimum absolute atomic E-state index is 0.0249. The Morgan fingerprint density at radius 3 is 2.83 bits per heavy atom. The maximum Gasteiger partial charge on any atom is 0.266 e. The standard InChI is InChI=1S/C22H25N3O3S/c1-13(2)12-28-19-9-8-16(11-17(19)23-5)21-24-14(3)20(29-21)22(27)25-10-6-7-18(25)15(4)26/h8-9,11,13,18H,6-7,10,12H2,1-4H3/t18-/m0/s1. The molecule has 0 saturated carbocycles. The number of thiazole rings is 1. The van der Waals surface area contributed by atoms with Crippen LogP contribution < -0.4 is 4.74 Å². The minimum atomic E-state index is -0.335. The van der Waals surface area contributed by atoms with Crippen molar-refractivity contribution in [3.63, 3.8) is 0 Å². The molecule has 6 nitrogen and oxygen atoms in total. The molecule has 0 bridgehead atoms. The van der Waals surface area contributed by atoms with Crippen molar-refractivity contribution in [2.75, 3.05) is 13.2 Å². The van der Waals surface area contributed by atoms with Gasteiger partial charge in [-0.3, -0.25) is 9.59 Å². The third kappa shape index (κ3) is 4.48. The van der Waals surface area contributed by atoms with E-state index in [0.29, 0.717) is 46.1 Å². The van der Waals surface area contributed by atoms with Crippen molar-refractivity contribution in [1.29, 1.82) is 0 Å². The second-order valence-electron chi connectivity index (χ2n) is 7.70. The number of rotatable bonds is 6. The van der Waals surface area contributed by atoms with Crippen molar-refractivity contribution in [2.45, 2.75) is 46.6 Å². The van der Waals surface area contributed by atoms with E-state index in [0.717, 1.165) is 18.4 Å². The Labute approximate surface area is 175 Å². The van der Waals surface area contributed by atoms with Gasteiger partial charge in [-0.2, -0.15) is 0 Å². The lowest BCUT2D eigenvalue weighted by molar-refractivity contribution is -0.120. The molecule has 1 saturated heterocycles. The highest BCUT2D eigenvalue weighted by Crippen LogP contribution is 2.36. The van der Waals surface area contributed by atoms with E-state index in [4.69, 9.17) is 11.3 Å².